The highest BCUT2D eigenvalue weighted by Gasteiger charge is 2.39. The van der Waals surface area contributed by atoms with Crippen molar-refractivity contribution in [2.75, 3.05) is 6.61 Å². The summed E-state index contributed by atoms with van der Waals surface area (Å²) in [5.74, 6) is -2.87. The lowest BCUT2D eigenvalue weighted by atomic mass is 9.84. The molecule has 0 aromatic heterocycles. The molecule has 3 aromatic rings. The average Bonchev–Trinajstić information content (AvgIpc) is 3.15. The lowest BCUT2D eigenvalue weighted by molar-refractivity contribution is -0.139. The lowest BCUT2D eigenvalue weighted by Gasteiger charge is -2.27. The van der Waals surface area contributed by atoms with E-state index in [1.807, 2.05) is 0 Å². The van der Waals surface area contributed by atoms with Crippen LogP contribution >= 0.6 is 11.6 Å². The van der Waals surface area contributed by atoms with E-state index >= 15 is 0 Å². The molecule has 2 aliphatic heterocycles. The Morgan fingerprint density at radius 1 is 1.11 bits per heavy atom. The third-order valence-corrected chi connectivity index (χ3v) is 6.03. The van der Waals surface area contributed by atoms with Crippen molar-refractivity contribution in [3.05, 3.63) is 93.5 Å². The number of para-hydroxylation sites is 1. The minimum absolute atomic E-state index is 0.00887. The Morgan fingerprint density at radius 3 is 2.69 bits per heavy atom. The van der Waals surface area contributed by atoms with Crippen LogP contribution in [0.15, 0.2) is 60.4 Å². The second-order valence-electron chi connectivity index (χ2n) is 7.88. The Balaban J connectivity index is 1.61. The van der Waals surface area contributed by atoms with Crippen molar-refractivity contribution < 1.29 is 38.1 Å². The van der Waals surface area contributed by atoms with Crippen LogP contribution in [0, 0.1) is 5.82 Å². The summed E-state index contributed by atoms with van der Waals surface area (Å²) in [6.07, 6.45) is 1.15. The molecular formula is C26H16ClFO7. The SMILES string of the molecule is O=C(O)COc1ccccc1[C@H]1CC(=O)Oc2ccc3c(c21)O/C(=C\c1c(F)cccc1Cl)C3=O. The number of fused-ring (bicyclic) bond motifs is 3. The van der Waals surface area contributed by atoms with Gasteiger partial charge in [-0.1, -0.05) is 35.9 Å². The summed E-state index contributed by atoms with van der Waals surface area (Å²) in [5, 5.41) is 9.14. The first-order chi connectivity index (χ1) is 16.8. The van der Waals surface area contributed by atoms with E-state index in [1.54, 1.807) is 24.3 Å². The number of aliphatic carboxylic acids is 1. The van der Waals surface area contributed by atoms with Gasteiger partial charge in [-0.2, -0.15) is 0 Å². The number of esters is 1. The molecule has 176 valence electrons. The number of carbonyl (C=O) groups is 3. The summed E-state index contributed by atoms with van der Waals surface area (Å²) in [6, 6.07) is 13.8. The van der Waals surface area contributed by atoms with E-state index in [0.717, 1.165) is 0 Å². The second kappa shape index (κ2) is 8.88. The molecule has 0 saturated heterocycles. The van der Waals surface area contributed by atoms with Gasteiger partial charge in [0.25, 0.3) is 0 Å². The van der Waals surface area contributed by atoms with E-state index < -0.39 is 36.1 Å². The molecule has 0 saturated carbocycles. The van der Waals surface area contributed by atoms with Crippen molar-refractivity contribution >= 4 is 35.4 Å². The van der Waals surface area contributed by atoms with Crippen molar-refractivity contribution in [1.82, 2.24) is 0 Å². The minimum Gasteiger partial charge on any atom is -0.482 e. The summed E-state index contributed by atoms with van der Waals surface area (Å²) < 4.78 is 31.1. The molecule has 2 aliphatic rings. The number of rotatable bonds is 5. The van der Waals surface area contributed by atoms with Crippen LogP contribution in [0.1, 0.15) is 39.4 Å². The van der Waals surface area contributed by atoms with Gasteiger partial charge in [0.05, 0.1) is 17.0 Å². The van der Waals surface area contributed by atoms with E-state index in [4.69, 9.17) is 30.9 Å². The molecule has 0 spiro atoms. The Bertz CT molecular complexity index is 1410. The first kappa shape index (κ1) is 22.6. The first-order valence-electron chi connectivity index (χ1n) is 10.5. The van der Waals surface area contributed by atoms with Crippen molar-refractivity contribution in [1.29, 1.82) is 0 Å². The normalized spacial score (nSPS) is 17.4. The maximum atomic E-state index is 14.3. The largest absolute Gasteiger partial charge is 0.482 e. The molecular weight excluding hydrogens is 479 g/mol. The summed E-state index contributed by atoms with van der Waals surface area (Å²) in [7, 11) is 0. The number of hydrogen-bond donors (Lipinski definition) is 1. The van der Waals surface area contributed by atoms with Crippen molar-refractivity contribution in [3.63, 3.8) is 0 Å². The predicted molar refractivity (Wildman–Crippen MR) is 122 cm³/mol. The van der Waals surface area contributed by atoms with Gasteiger partial charge in [-0.15, -0.1) is 0 Å². The van der Waals surface area contributed by atoms with Gasteiger partial charge in [0, 0.05) is 22.6 Å². The molecule has 0 bridgehead atoms. The quantitative estimate of drug-likeness (QED) is 0.303. The number of carboxylic acid groups (broad SMARTS) is 1. The van der Waals surface area contributed by atoms with Gasteiger partial charge < -0.3 is 19.3 Å². The van der Waals surface area contributed by atoms with Crippen LogP contribution in [-0.4, -0.2) is 29.4 Å². The fraction of sp³-hybridized carbons (Fsp3) is 0.115. The fourth-order valence-corrected chi connectivity index (χ4v) is 4.41. The van der Waals surface area contributed by atoms with E-state index in [0.29, 0.717) is 11.1 Å². The van der Waals surface area contributed by atoms with Crippen LogP contribution in [0.25, 0.3) is 6.08 Å². The smallest absolute Gasteiger partial charge is 0.341 e. The lowest BCUT2D eigenvalue weighted by Crippen LogP contribution is -2.22. The number of halogens is 2. The summed E-state index contributed by atoms with van der Waals surface area (Å²) in [5.41, 5.74) is 1.19. The number of ketones is 1. The molecule has 2 heterocycles. The van der Waals surface area contributed by atoms with E-state index in [9.17, 15) is 18.8 Å². The molecule has 0 radical (unpaired) electrons. The Kier molecular flexibility index (Phi) is 5.74. The molecule has 0 unspecified atom stereocenters. The summed E-state index contributed by atoms with van der Waals surface area (Å²) >= 11 is 6.11. The van der Waals surface area contributed by atoms with Gasteiger partial charge in [-0.3, -0.25) is 9.59 Å². The summed E-state index contributed by atoms with van der Waals surface area (Å²) in [4.78, 5) is 36.5. The molecule has 35 heavy (non-hydrogen) atoms. The van der Waals surface area contributed by atoms with Crippen LogP contribution in [0.4, 0.5) is 4.39 Å². The molecule has 9 heteroatoms. The van der Waals surface area contributed by atoms with Crippen molar-refractivity contribution in [2.24, 2.45) is 0 Å². The molecule has 7 nitrogen and oxygen atoms in total. The number of ether oxygens (including phenoxy) is 3. The highest BCUT2D eigenvalue weighted by molar-refractivity contribution is 6.32. The van der Waals surface area contributed by atoms with Crippen molar-refractivity contribution in [3.8, 4) is 17.2 Å². The molecule has 3 aromatic carbocycles. The second-order valence-corrected chi connectivity index (χ2v) is 8.29. The third kappa shape index (κ3) is 4.13. The number of hydrogen-bond acceptors (Lipinski definition) is 6. The standard InChI is InChI=1S/C26H16ClFO7/c27-17-5-3-6-18(28)16(17)10-21-25(32)14-8-9-20-24(26(14)35-21)15(11-23(31)34-20)13-4-1-2-7-19(13)33-12-22(29)30/h1-10,15H,11-12H2,(H,29,30)/b21-10-/t15-/m1/s1. The highest BCUT2D eigenvalue weighted by atomic mass is 35.5. The number of allylic oxidation sites excluding steroid dienone is 1. The zero-order chi connectivity index (χ0) is 24.7. The Hall–Kier alpha value is -4.17. The van der Waals surface area contributed by atoms with Gasteiger partial charge >= 0.3 is 11.9 Å². The number of Topliss-reactive ketones (excluding diaryl/α,β-unsaturated/α-hetero) is 1. The zero-order valence-corrected chi connectivity index (χ0v) is 18.7. The number of benzene rings is 3. The topological polar surface area (TPSA) is 99.1 Å². The van der Waals surface area contributed by atoms with Crippen LogP contribution in [0.3, 0.4) is 0 Å². The monoisotopic (exact) mass is 494 g/mol. The molecule has 1 atom stereocenters. The Labute approximate surface area is 203 Å². The van der Waals surface area contributed by atoms with Crippen LogP contribution < -0.4 is 14.2 Å². The molecule has 0 fully saturated rings. The van der Waals surface area contributed by atoms with Gasteiger partial charge in [0.15, 0.2) is 12.4 Å². The van der Waals surface area contributed by atoms with Gasteiger partial charge in [0.1, 0.15) is 23.1 Å². The third-order valence-electron chi connectivity index (χ3n) is 5.70. The van der Waals surface area contributed by atoms with Crippen LogP contribution in [0.2, 0.25) is 5.02 Å². The van der Waals surface area contributed by atoms with E-state index in [-0.39, 0.29) is 45.6 Å². The number of carbonyl (C=O) groups excluding carboxylic acids is 2. The maximum absolute atomic E-state index is 14.3. The Morgan fingerprint density at radius 2 is 1.91 bits per heavy atom. The van der Waals surface area contributed by atoms with Crippen molar-refractivity contribution in [2.45, 2.75) is 12.3 Å². The predicted octanol–water partition coefficient (Wildman–Crippen LogP) is 5.00. The highest BCUT2D eigenvalue weighted by Crippen LogP contribution is 2.50. The minimum atomic E-state index is -1.15. The van der Waals surface area contributed by atoms with Gasteiger partial charge in [-0.25, -0.2) is 9.18 Å². The molecule has 0 aliphatic carbocycles. The first-order valence-corrected chi connectivity index (χ1v) is 10.9. The van der Waals surface area contributed by atoms with Gasteiger partial charge in [0.2, 0.25) is 5.78 Å². The maximum Gasteiger partial charge on any atom is 0.341 e. The van der Waals surface area contributed by atoms with E-state index in [1.165, 1.54) is 36.4 Å². The van der Waals surface area contributed by atoms with Crippen LogP contribution in [0.5, 0.6) is 17.2 Å². The molecule has 0 amide bonds. The van der Waals surface area contributed by atoms with Gasteiger partial charge in [-0.05, 0) is 36.4 Å². The van der Waals surface area contributed by atoms with Crippen LogP contribution in [-0.2, 0) is 9.59 Å². The molecule has 5 rings (SSSR count). The number of carboxylic acids is 1. The molecule has 1 N–H and O–H groups in total. The van der Waals surface area contributed by atoms with E-state index in [2.05, 4.69) is 0 Å². The average molecular weight is 495 g/mol. The fourth-order valence-electron chi connectivity index (χ4n) is 4.19. The summed E-state index contributed by atoms with van der Waals surface area (Å²) in [6.45, 7) is -0.570. The zero-order valence-electron chi connectivity index (χ0n) is 17.9.